The highest BCUT2D eigenvalue weighted by molar-refractivity contribution is 6.03. The SMILES string of the molecule is C=C1C=Cc2c(n(-c3ccccc3)c3ccc(-c4ccc(N(c5ccc(C)cc5)c5ccc(-c6ccccc6)cc5)cc4)cc23)N1c1ccccc1. The first-order chi connectivity index (χ1) is 25.6. The summed E-state index contributed by atoms with van der Waals surface area (Å²) in [5, 5.41) is 1.20. The summed E-state index contributed by atoms with van der Waals surface area (Å²) in [7, 11) is 0. The predicted molar refractivity (Wildman–Crippen MR) is 220 cm³/mol. The first-order valence-corrected chi connectivity index (χ1v) is 17.7. The topological polar surface area (TPSA) is 11.4 Å². The lowest BCUT2D eigenvalue weighted by Crippen LogP contribution is -2.20. The highest BCUT2D eigenvalue weighted by atomic mass is 15.3. The van der Waals surface area contributed by atoms with Gasteiger partial charge in [-0.05, 0) is 114 Å². The molecule has 0 radical (unpaired) electrons. The summed E-state index contributed by atoms with van der Waals surface area (Å²) < 4.78 is 2.36. The molecule has 0 saturated heterocycles. The molecular weight excluding hydrogens is 631 g/mol. The van der Waals surface area contributed by atoms with Gasteiger partial charge in [-0.3, -0.25) is 9.47 Å². The van der Waals surface area contributed by atoms with Gasteiger partial charge in [-0.1, -0.05) is 121 Å². The molecule has 0 aliphatic carbocycles. The maximum atomic E-state index is 4.45. The first-order valence-electron chi connectivity index (χ1n) is 17.7. The van der Waals surface area contributed by atoms with Gasteiger partial charge in [-0.2, -0.15) is 0 Å². The number of para-hydroxylation sites is 2. The molecule has 0 spiro atoms. The third-order valence-corrected chi connectivity index (χ3v) is 9.93. The summed E-state index contributed by atoms with van der Waals surface area (Å²) in [6.07, 6.45) is 4.34. The number of nitrogens with zero attached hydrogens (tertiary/aromatic N) is 3. The summed E-state index contributed by atoms with van der Waals surface area (Å²) >= 11 is 0. The minimum absolute atomic E-state index is 0.933. The van der Waals surface area contributed by atoms with Crippen molar-refractivity contribution in [1.29, 1.82) is 0 Å². The summed E-state index contributed by atoms with van der Waals surface area (Å²) in [5.41, 5.74) is 14.8. The average molecular weight is 668 g/mol. The van der Waals surface area contributed by atoms with Gasteiger partial charge in [0.05, 0.1) is 5.52 Å². The Labute approximate surface area is 305 Å². The van der Waals surface area contributed by atoms with Crippen LogP contribution >= 0.6 is 0 Å². The molecule has 3 heteroatoms. The quantitative estimate of drug-likeness (QED) is 0.168. The Kier molecular flexibility index (Phi) is 7.87. The van der Waals surface area contributed by atoms with E-state index in [-0.39, 0.29) is 0 Å². The lowest BCUT2D eigenvalue weighted by molar-refractivity contribution is 1.04. The van der Waals surface area contributed by atoms with Gasteiger partial charge in [0.15, 0.2) is 0 Å². The number of benzene rings is 7. The minimum atomic E-state index is 0.933. The maximum Gasteiger partial charge on any atom is 0.130 e. The summed E-state index contributed by atoms with van der Waals surface area (Å²) in [6, 6.07) is 65.0. The summed E-state index contributed by atoms with van der Waals surface area (Å²) in [5.74, 6) is 1.10. The van der Waals surface area contributed by atoms with Crippen molar-refractivity contribution in [2.45, 2.75) is 6.92 Å². The monoisotopic (exact) mass is 667 g/mol. The van der Waals surface area contributed by atoms with Crippen LogP contribution in [0, 0.1) is 6.92 Å². The van der Waals surface area contributed by atoms with E-state index in [1.165, 1.54) is 38.8 Å². The molecule has 1 aromatic heterocycles. The summed E-state index contributed by atoms with van der Waals surface area (Å²) in [4.78, 5) is 4.59. The molecule has 0 amide bonds. The third-order valence-electron chi connectivity index (χ3n) is 9.93. The van der Waals surface area contributed by atoms with E-state index in [0.717, 1.165) is 45.5 Å². The molecular formula is C49H37N3. The van der Waals surface area contributed by atoms with E-state index in [1.54, 1.807) is 0 Å². The number of aryl methyl sites for hydroxylation is 1. The largest absolute Gasteiger partial charge is 0.311 e. The van der Waals surface area contributed by atoms with Crippen molar-refractivity contribution in [1.82, 2.24) is 4.57 Å². The number of aromatic nitrogens is 1. The predicted octanol–water partition coefficient (Wildman–Crippen LogP) is 13.4. The van der Waals surface area contributed by atoms with Crippen molar-refractivity contribution >= 4 is 45.5 Å². The van der Waals surface area contributed by atoms with Crippen LogP contribution in [0.4, 0.5) is 28.6 Å². The lowest BCUT2D eigenvalue weighted by atomic mass is 10.0. The van der Waals surface area contributed by atoms with E-state index in [4.69, 9.17) is 0 Å². The van der Waals surface area contributed by atoms with Gasteiger partial charge in [0.1, 0.15) is 5.82 Å². The van der Waals surface area contributed by atoms with Crippen LogP contribution in [0.1, 0.15) is 11.1 Å². The fourth-order valence-electron chi connectivity index (χ4n) is 7.34. The molecule has 0 fully saturated rings. The van der Waals surface area contributed by atoms with E-state index >= 15 is 0 Å². The normalized spacial score (nSPS) is 12.2. The number of rotatable bonds is 7. The molecule has 248 valence electrons. The fraction of sp³-hybridized carbons (Fsp3) is 0.0204. The Morgan fingerprint density at radius 1 is 0.462 bits per heavy atom. The zero-order valence-corrected chi connectivity index (χ0v) is 29.0. The smallest absolute Gasteiger partial charge is 0.130 e. The van der Waals surface area contributed by atoms with Gasteiger partial charge < -0.3 is 4.90 Å². The molecule has 1 aliphatic heterocycles. The van der Waals surface area contributed by atoms with Crippen molar-refractivity contribution in [3.8, 4) is 27.9 Å². The van der Waals surface area contributed by atoms with Crippen molar-refractivity contribution in [2.75, 3.05) is 9.80 Å². The van der Waals surface area contributed by atoms with Crippen molar-refractivity contribution < 1.29 is 0 Å². The Bertz CT molecular complexity index is 2550. The van der Waals surface area contributed by atoms with Crippen LogP contribution in [0.3, 0.4) is 0 Å². The maximum absolute atomic E-state index is 4.45. The highest BCUT2D eigenvalue weighted by Gasteiger charge is 2.27. The van der Waals surface area contributed by atoms with Crippen LogP contribution in [0.2, 0.25) is 0 Å². The number of fused-ring (bicyclic) bond motifs is 3. The lowest BCUT2D eigenvalue weighted by Gasteiger charge is -2.30. The highest BCUT2D eigenvalue weighted by Crippen LogP contribution is 2.45. The van der Waals surface area contributed by atoms with Gasteiger partial charge in [0, 0.05) is 45.1 Å². The van der Waals surface area contributed by atoms with Crippen molar-refractivity contribution in [3.05, 3.63) is 211 Å². The molecule has 0 saturated carbocycles. The summed E-state index contributed by atoms with van der Waals surface area (Å²) in [6.45, 7) is 6.58. The van der Waals surface area contributed by atoms with Crippen LogP contribution < -0.4 is 9.80 Å². The molecule has 3 nitrogen and oxygen atoms in total. The number of hydrogen-bond donors (Lipinski definition) is 0. The zero-order chi connectivity index (χ0) is 35.0. The first kappa shape index (κ1) is 31.2. The average Bonchev–Trinajstić information content (AvgIpc) is 3.53. The Morgan fingerprint density at radius 3 is 1.54 bits per heavy atom. The second-order valence-electron chi connectivity index (χ2n) is 13.3. The third kappa shape index (κ3) is 5.59. The standard InChI is InChI=1S/C49H37N3/c1-35-18-26-43(27-19-35)51(44-28-21-38(22-29-44)37-12-6-3-7-13-37)45-30-23-39(24-31-45)40-25-33-48-47(34-40)46-32-20-36(2)50(41-14-8-4-9-15-41)49(46)52(48)42-16-10-5-11-17-42/h3-34H,2H2,1H3. The Hall–Kier alpha value is -6.84. The van der Waals surface area contributed by atoms with E-state index in [1.807, 2.05) is 0 Å². The molecule has 7 aromatic carbocycles. The Morgan fingerprint density at radius 2 is 0.942 bits per heavy atom. The van der Waals surface area contributed by atoms with Crippen LogP contribution in [-0.4, -0.2) is 4.57 Å². The number of hydrogen-bond acceptors (Lipinski definition) is 2. The van der Waals surface area contributed by atoms with E-state index in [2.05, 4.69) is 222 Å². The molecule has 0 N–H and O–H groups in total. The molecule has 2 heterocycles. The zero-order valence-electron chi connectivity index (χ0n) is 29.0. The molecule has 52 heavy (non-hydrogen) atoms. The second-order valence-corrected chi connectivity index (χ2v) is 13.3. The van der Waals surface area contributed by atoms with Crippen LogP contribution in [0.15, 0.2) is 200 Å². The fourth-order valence-corrected chi connectivity index (χ4v) is 7.34. The Balaban J connectivity index is 1.13. The van der Waals surface area contributed by atoms with Crippen LogP contribution in [0.5, 0.6) is 0 Å². The van der Waals surface area contributed by atoms with Gasteiger partial charge in [0.25, 0.3) is 0 Å². The van der Waals surface area contributed by atoms with Crippen LogP contribution in [-0.2, 0) is 0 Å². The van der Waals surface area contributed by atoms with E-state index in [0.29, 0.717) is 0 Å². The molecule has 0 unspecified atom stereocenters. The molecule has 0 atom stereocenters. The van der Waals surface area contributed by atoms with Gasteiger partial charge >= 0.3 is 0 Å². The van der Waals surface area contributed by atoms with E-state index < -0.39 is 0 Å². The minimum Gasteiger partial charge on any atom is -0.311 e. The number of anilines is 5. The van der Waals surface area contributed by atoms with Crippen molar-refractivity contribution in [2.24, 2.45) is 0 Å². The van der Waals surface area contributed by atoms with Gasteiger partial charge in [-0.15, -0.1) is 0 Å². The molecule has 8 aromatic rings. The second kappa shape index (κ2) is 13.1. The molecule has 0 bridgehead atoms. The number of allylic oxidation sites excluding steroid dienone is 1. The van der Waals surface area contributed by atoms with Gasteiger partial charge in [0.2, 0.25) is 0 Å². The molecule has 9 rings (SSSR count). The van der Waals surface area contributed by atoms with E-state index in [9.17, 15) is 0 Å². The molecule has 1 aliphatic rings. The van der Waals surface area contributed by atoms with Crippen molar-refractivity contribution in [3.63, 3.8) is 0 Å². The van der Waals surface area contributed by atoms with Gasteiger partial charge in [-0.25, -0.2) is 0 Å². The van der Waals surface area contributed by atoms with Crippen LogP contribution in [0.25, 0.3) is 44.9 Å².